The summed E-state index contributed by atoms with van der Waals surface area (Å²) in [7, 11) is 4.09. The number of aliphatic carboxylic acids is 1. The number of rotatable bonds is 20. The first-order chi connectivity index (χ1) is 20.9. The number of hydrogen-bond acceptors (Lipinski definition) is 6. The van der Waals surface area contributed by atoms with Crippen LogP contribution in [0.15, 0.2) is 0 Å². The number of carbonyl (C=O) groups is 3. The van der Waals surface area contributed by atoms with Gasteiger partial charge in [0, 0.05) is 56.7 Å². The van der Waals surface area contributed by atoms with Gasteiger partial charge in [-0.05, 0) is 53.0 Å². The topological polar surface area (TPSA) is 103 Å². The van der Waals surface area contributed by atoms with Crippen LogP contribution in [0.3, 0.4) is 0 Å². The molecule has 0 aromatic rings. The van der Waals surface area contributed by atoms with Gasteiger partial charge in [0.1, 0.15) is 19.0 Å². The summed E-state index contributed by atoms with van der Waals surface area (Å²) in [5.41, 5.74) is -1.42. The fourth-order valence-electron chi connectivity index (χ4n) is 6.21. The molecule has 0 atom stereocenters. The maximum absolute atomic E-state index is 13.5. The van der Waals surface area contributed by atoms with Gasteiger partial charge in [-0.25, -0.2) is 0 Å². The molecule has 1 rings (SSSR count). The average Bonchev–Trinajstić information content (AvgIpc) is 2.91. The highest BCUT2D eigenvalue weighted by atomic mass is 16.6. The highest BCUT2D eigenvalue weighted by molar-refractivity contribution is 5.82. The van der Waals surface area contributed by atoms with Crippen LogP contribution in [0.25, 0.3) is 0 Å². The van der Waals surface area contributed by atoms with Gasteiger partial charge in [-0.15, -0.1) is 0 Å². The average molecular weight is 654 g/mol. The fourth-order valence-corrected chi connectivity index (χ4v) is 6.21. The number of piperidine rings is 1. The molecular weight excluding hydrogens is 584 g/mol. The third-order valence-electron chi connectivity index (χ3n) is 8.56. The molecule has 46 heavy (non-hydrogen) atoms. The lowest BCUT2D eigenvalue weighted by Gasteiger charge is -2.40. The molecule has 0 saturated carbocycles. The molecule has 0 aliphatic carbocycles. The van der Waals surface area contributed by atoms with Gasteiger partial charge in [0.05, 0.1) is 37.5 Å². The Balaban J connectivity index is 2.94. The minimum absolute atomic E-state index is 0.0513. The van der Waals surface area contributed by atoms with Gasteiger partial charge in [-0.2, -0.15) is 0 Å². The van der Waals surface area contributed by atoms with Crippen LogP contribution in [-0.2, 0) is 23.9 Å². The molecule has 1 amide bonds. The predicted octanol–water partition coefficient (Wildman–Crippen LogP) is 5.37. The summed E-state index contributed by atoms with van der Waals surface area (Å²) in [4.78, 5) is 43.3. The fraction of sp³-hybridized carbons (Fsp3) is 0.889. The predicted molar refractivity (Wildman–Crippen MR) is 185 cm³/mol. The van der Waals surface area contributed by atoms with E-state index >= 15 is 0 Å². The summed E-state index contributed by atoms with van der Waals surface area (Å²) in [6, 6.07) is 0.267. The van der Waals surface area contributed by atoms with E-state index < -0.39 is 22.6 Å². The summed E-state index contributed by atoms with van der Waals surface area (Å²) in [6.07, 6.45) is 5.80. The number of nitrogens with zero attached hydrogens (tertiary/aromatic N) is 4. The monoisotopic (exact) mass is 654 g/mol. The second-order valence-corrected chi connectivity index (χ2v) is 16.9. The zero-order valence-electron chi connectivity index (χ0n) is 31.7. The Hall–Kier alpha value is -2.04. The Morgan fingerprint density at radius 2 is 1.52 bits per heavy atom. The highest BCUT2D eigenvalue weighted by Crippen LogP contribution is 2.35. The lowest BCUT2D eigenvalue weighted by atomic mass is 9.75. The molecule has 1 saturated heterocycles. The van der Waals surface area contributed by atoms with Gasteiger partial charge in [0.25, 0.3) is 0 Å². The summed E-state index contributed by atoms with van der Waals surface area (Å²) < 4.78 is 14.6. The zero-order valence-corrected chi connectivity index (χ0v) is 31.7. The van der Waals surface area contributed by atoms with Crippen molar-refractivity contribution in [3.8, 4) is 0 Å². The van der Waals surface area contributed by atoms with Crippen molar-refractivity contribution in [2.45, 2.75) is 132 Å². The van der Waals surface area contributed by atoms with E-state index in [1.54, 1.807) is 0 Å². The van der Waals surface area contributed by atoms with E-state index in [1.165, 1.54) is 0 Å². The molecule has 1 aliphatic rings. The Morgan fingerprint density at radius 1 is 0.935 bits per heavy atom. The lowest BCUT2D eigenvalue weighted by Crippen LogP contribution is -2.51. The maximum Gasteiger partial charge on any atom is 0.303 e. The Morgan fingerprint density at radius 3 is 2.04 bits per heavy atom. The van der Waals surface area contributed by atoms with E-state index in [2.05, 4.69) is 62.4 Å². The van der Waals surface area contributed by atoms with Crippen molar-refractivity contribution >= 4 is 24.0 Å². The quantitative estimate of drug-likeness (QED) is 0.0810. The second-order valence-electron chi connectivity index (χ2n) is 16.9. The molecule has 1 N–H and O–H groups in total. The van der Waals surface area contributed by atoms with Crippen LogP contribution in [0.1, 0.15) is 115 Å². The Kier molecular flexibility index (Phi) is 16.4. The summed E-state index contributed by atoms with van der Waals surface area (Å²) in [5.74, 6) is -0.258. The van der Waals surface area contributed by atoms with Crippen molar-refractivity contribution in [3.05, 3.63) is 0 Å². The number of likely N-dealkylation sites (tertiary alicyclic amines) is 1. The number of hydrogen-bond donors (Lipinski definition) is 1. The second kappa shape index (κ2) is 17.9. The van der Waals surface area contributed by atoms with Crippen LogP contribution in [0.2, 0.25) is 0 Å². The third-order valence-corrected chi connectivity index (χ3v) is 8.56. The van der Waals surface area contributed by atoms with E-state index in [1.807, 2.05) is 53.5 Å². The minimum atomic E-state index is -0.826. The lowest BCUT2D eigenvalue weighted by molar-refractivity contribution is -0.519. The van der Waals surface area contributed by atoms with Gasteiger partial charge in [-0.3, -0.25) is 28.8 Å². The van der Waals surface area contributed by atoms with Crippen LogP contribution in [0.5, 0.6) is 0 Å². The molecule has 268 valence electrons. The van der Waals surface area contributed by atoms with Gasteiger partial charge in [-0.1, -0.05) is 48.5 Å². The number of ketones is 1. The smallest absolute Gasteiger partial charge is 0.303 e. The molecule has 0 radical (unpaired) electrons. The van der Waals surface area contributed by atoms with Crippen LogP contribution < -0.4 is 0 Å². The SMILES string of the molecule is CC(C)C(=O)CCN(C)C/[N+](C)=C\N(CCOC(C)(C)COC(C)(C)CCC(=O)O)C1CCN(C(=O)C(C)(C)CC(C)(C)C)CC1. The van der Waals surface area contributed by atoms with Gasteiger partial charge >= 0.3 is 5.97 Å². The molecule has 0 unspecified atom stereocenters. The first kappa shape index (κ1) is 42.0. The number of carbonyl (C=O) groups excluding carboxylic acids is 2. The van der Waals surface area contributed by atoms with Crippen LogP contribution in [0, 0.1) is 16.7 Å². The third kappa shape index (κ3) is 16.7. The minimum Gasteiger partial charge on any atom is -0.481 e. The van der Waals surface area contributed by atoms with Gasteiger partial charge in [0.2, 0.25) is 12.2 Å². The van der Waals surface area contributed by atoms with Crippen molar-refractivity contribution in [3.63, 3.8) is 0 Å². The Labute approximate surface area is 280 Å². The summed E-state index contributed by atoms with van der Waals surface area (Å²) in [6.45, 7) is 26.8. The largest absolute Gasteiger partial charge is 0.481 e. The van der Waals surface area contributed by atoms with Crippen LogP contribution in [-0.4, -0.2) is 126 Å². The van der Waals surface area contributed by atoms with E-state index in [0.29, 0.717) is 45.8 Å². The molecule has 1 heterocycles. The molecule has 1 fully saturated rings. The first-order valence-corrected chi connectivity index (χ1v) is 17.2. The van der Waals surface area contributed by atoms with E-state index in [4.69, 9.17) is 14.6 Å². The van der Waals surface area contributed by atoms with Crippen molar-refractivity contribution in [1.82, 2.24) is 14.7 Å². The Bertz CT molecular complexity index is 1010. The van der Waals surface area contributed by atoms with Crippen molar-refractivity contribution in [2.75, 3.05) is 60.2 Å². The number of amides is 1. The van der Waals surface area contributed by atoms with Crippen LogP contribution >= 0.6 is 0 Å². The molecule has 0 bridgehead atoms. The molecule has 10 nitrogen and oxygen atoms in total. The number of carboxylic acids is 1. The number of carboxylic acid groups (broad SMARTS) is 1. The standard InChI is InChI=1S/C36H68N4O6/c1-28(2)30(41)17-19-37(12)26-38(13)27-40(22-23-45-36(10,11)25-46-35(8,9)18-14-31(42)43)29-15-20-39(21-16-29)32(44)34(6,7)24-33(3,4)5/h27-29H,14-26H2,1-13H3/p+1. The normalized spacial score (nSPS) is 16.0. The molecule has 0 spiro atoms. The van der Waals surface area contributed by atoms with Crippen LogP contribution in [0.4, 0.5) is 0 Å². The highest BCUT2D eigenvalue weighted by Gasteiger charge is 2.38. The van der Waals surface area contributed by atoms with E-state index in [9.17, 15) is 14.4 Å². The number of ether oxygens (including phenoxy) is 2. The number of Topliss-reactive ketones (excluding diaryl/α,β-unsaturated/α-hetero) is 1. The summed E-state index contributed by atoms with van der Waals surface area (Å²) >= 11 is 0. The zero-order chi connectivity index (χ0) is 35.5. The van der Waals surface area contributed by atoms with E-state index in [0.717, 1.165) is 32.4 Å². The van der Waals surface area contributed by atoms with E-state index in [-0.39, 0.29) is 35.5 Å². The van der Waals surface area contributed by atoms with Crippen molar-refractivity contribution < 1.29 is 33.5 Å². The molecule has 1 aliphatic heterocycles. The molecule has 0 aromatic heterocycles. The van der Waals surface area contributed by atoms with Crippen molar-refractivity contribution in [2.24, 2.45) is 16.7 Å². The molecular formula is C36H69N4O6+. The summed E-state index contributed by atoms with van der Waals surface area (Å²) in [5, 5.41) is 9.05. The molecule has 0 aromatic carbocycles. The van der Waals surface area contributed by atoms with Crippen molar-refractivity contribution in [1.29, 1.82) is 0 Å². The maximum atomic E-state index is 13.5. The van der Waals surface area contributed by atoms with Gasteiger partial charge in [0.15, 0.2) is 0 Å². The molecule has 10 heteroatoms. The van der Waals surface area contributed by atoms with Gasteiger partial charge < -0.3 is 19.5 Å². The first-order valence-electron chi connectivity index (χ1n) is 17.2.